The van der Waals surface area contributed by atoms with Gasteiger partial charge in [0.15, 0.2) is 5.78 Å². The second kappa shape index (κ2) is 5.16. The molecule has 0 bridgehead atoms. The molecule has 17 heavy (non-hydrogen) atoms. The Balaban J connectivity index is 2.70. The van der Waals surface area contributed by atoms with Crippen molar-refractivity contribution in [3.63, 3.8) is 0 Å². The van der Waals surface area contributed by atoms with Gasteiger partial charge in [-0.1, -0.05) is 0 Å². The summed E-state index contributed by atoms with van der Waals surface area (Å²) in [5, 5.41) is 0. The van der Waals surface area contributed by atoms with Crippen molar-refractivity contribution in [2.45, 2.75) is 25.6 Å². The van der Waals surface area contributed by atoms with E-state index in [4.69, 9.17) is 13.8 Å². The zero-order valence-corrected chi connectivity index (χ0v) is 11.8. The third-order valence-corrected chi connectivity index (χ3v) is 5.00. The van der Waals surface area contributed by atoms with Crippen LogP contribution >= 0.6 is 7.60 Å². The molecule has 1 heterocycles. The van der Waals surface area contributed by atoms with Crippen LogP contribution in [0.15, 0.2) is 0 Å². The maximum atomic E-state index is 12.0. The molecule has 1 aliphatic rings. The Kier molecular flexibility index (Phi) is 4.49. The van der Waals surface area contributed by atoms with Crippen LogP contribution in [-0.2, 0) is 23.1 Å². The van der Waals surface area contributed by atoms with Crippen molar-refractivity contribution in [1.29, 1.82) is 0 Å². The smallest absolute Gasteiger partial charge is 0.337 e. The van der Waals surface area contributed by atoms with Crippen LogP contribution in [0.3, 0.4) is 0 Å². The second-order valence-electron chi connectivity index (χ2n) is 4.48. The van der Waals surface area contributed by atoms with Gasteiger partial charge in [-0.05, 0) is 20.9 Å². The van der Waals surface area contributed by atoms with E-state index in [1.165, 1.54) is 14.2 Å². The van der Waals surface area contributed by atoms with Crippen molar-refractivity contribution in [1.82, 2.24) is 4.90 Å². The normalized spacial score (nSPS) is 25.1. The summed E-state index contributed by atoms with van der Waals surface area (Å²) in [7, 11) is 1.06. The maximum absolute atomic E-state index is 12.0. The first-order valence-electron chi connectivity index (χ1n) is 5.36. The van der Waals surface area contributed by atoms with Crippen molar-refractivity contribution in [2.24, 2.45) is 0 Å². The van der Waals surface area contributed by atoms with E-state index in [9.17, 15) is 9.36 Å². The van der Waals surface area contributed by atoms with Gasteiger partial charge in [0.1, 0.15) is 11.9 Å². The van der Waals surface area contributed by atoms with E-state index < -0.39 is 19.4 Å². The third kappa shape index (κ3) is 3.14. The minimum Gasteiger partial charge on any atom is -0.359 e. The predicted octanol–water partition coefficient (Wildman–Crippen LogP) is 1.11. The van der Waals surface area contributed by atoms with Crippen molar-refractivity contribution in [2.75, 3.05) is 34.0 Å². The molecule has 0 radical (unpaired) electrons. The molecule has 0 aromatic carbocycles. The van der Waals surface area contributed by atoms with Gasteiger partial charge in [-0.2, -0.15) is 0 Å². The second-order valence-corrected chi connectivity index (χ2v) is 6.75. The van der Waals surface area contributed by atoms with E-state index in [-0.39, 0.29) is 11.9 Å². The largest absolute Gasteiger partial charge is 0.359 e. The molecule has 1 rings (SSSR count). The molecule has 1 aliphatic heterocycles. The van der Waals surface area contributed by atoms with Gasteiger partial charge in [-0.3, -0.25) is 14.3 Å². The van der Waals surface area contributed by atoms with Crippen molar-refractivity contribution >= 4 is 13.4 Å². The molecule has 0 saturated carbocycles. The molecule has 0 aromatic heterocycles. The molecule has 0 amide bonds. The summed E-state index contributed by atoms with van der Waals surface area (Å²) in [5.41, 5.74) is -0.482. The Labute approximate surface area is 102 Å². The lowest BCUT2D eigenvalue weighted by Crippen LogP contribution is -2.44. The standard InChI is InChI=1S/C10H20NO5P/c1-10(2)11(3)8(6-16-10)9(12)7-17(13,14-4)15-5/h8H,6-7H2,1-5H3. The molecule has 1 saturated heterocycles. The first kappa shape index (κ1) is 14.8. The number of carbonyl (C=O) groups excluding carboxylic acids is 1. The summed E-state index contributed by atoms with van der Waals surface area (Å²) in [4.78, 5) is 13.8. The molecular weight excluding hydrogens is 245 g/mol. The van der Waals surface area contributed by atoms with Gasteiger partial charge in [-0.25, -0.2) is 0 Å². The topological polar surface area (TPSA) is 65.1 Å². The number of carbonyl (C=O) groups is 1. The van der Waals surface area contributed by atoms with Crippen molar-refractivity contribution in [3.8, 4) is 0 Å². The minimum atomic E-state index is -3.29. The summed E-state index contributed by atoms with van der Waals surface area (Å²) in [6.45, 7) is 4.06. The lowest BCUT2D eigenvalue weighted by molar-refractivity contribution is -0.121. The van der Waals surface area contributed by atoms with Crippen LogP contribution in [-0.4, -0.2) is 56.5 Å². The number of likely N-dealkylation sites (N-methyl/N-ethyl adjacent to an activating group) is 1. The Hall–Kier alpha value is -0.260. The van der Waals surface area contributed by atoms with E-state index in [2.05, 4.69) is 0 Å². The molecule has 0 spiro atoms. The zero-order valence-electron chi connectivity index (χ0n) is 10.9. The third-order valence-electron chi connectivity index (χ3n) is 3.19. The fourth-order valence-electron chi connectivity index (χ4n) is 1.68. The van der Waals surface area contributed by atoms with Crippen LogP contribution in [0.5, 0.6) is 0 Å². The Morgan fingerprint density at radius 1 is 1.47 bits per heavy atom. The van der Waals surface area contributed by atoms with Crippen LogP contribution in [0.4, 0.5) is 0 Å². The Morgan fingerprint density at radius 3 is 2.35 bits per heavy atom. The molecule has 1 fully saturated rings. The summed E-state index contributed by atoms with van der Waals surface area (Å²) >= 11 is 0. The number of ether oxygens (including phenoxy) is 1. The number of Topliss-reactive ketones (excluding diaryl/α,β-unsaturated/α-hetero) is 1. The number of hydrogen-bond donors (Lipinski definition) is 0. The van der Waals surface area contributed by atoms with Gasteiger partial charge in [0.25, 0.3) is 0 Å². The van der Waals surface area contributed by atoms with Gasteiger partial charge in [0, 0.05) is 14.2 Å². The Morgan fingerprint density at radius 2 is 2.00 bits per heavy atom. The molecule has 100 valence electrons. The minimum absolute atomic E-state index is 0.190. The van der Waals surface area contributed by atoms with E-state index in [0.29, 0.717) is 6.61 Å². The Bertz CT molecular complexity index is 336. The zero-order chi connectivity index (χ0) is 13.3. The number of rotatable bonds is 5. The average Bonchev–Trinajstić information content (AvgIpc) is 2.54. The summed E-state index contributed by atoms with van der Waals surface area (Å²) in [6.07, 6.45) is -0.228. The molecule has 1 atom stereocenters. The van der Waals surface area contributed by atoms with Crippen LogP contribution in [0, 0.1) is 0 Å². The fourth-order valence-corrected chi connectivity index (χ4v) is 2.68. The SMILES string of the molecule is COP(=O)(CC(=O)C1COC(C)(C)N1C)OC. The molecular formula is C10H20NO5P. The monoisotopic (exact) mass is 265 g/mol. The lowest BCUT2D eigenvalue weighted by Gasteiger charge is -2.29. The molecule has 1 unspecified atom stereocenters. The van der Waals surface area contributed by atoms with Crippen LogP contribution < -0.4 is 0 Å². The summed E-state index contributed by atoms with van der Waals surface area (Å²) in [6, 6.07) is -0.399. The van der Waals surface area contributed by atoms with Crippen LogP contribution in [0.1, 0.15) is 13.8 Å². The van der Waals surface area contributed by atoms with E-state index >= 15 is 0 Å². The van der Waals surface area contributed by atoms with E-state index in [1.54, 1.807) is 7.05 Å². The van der Waals surface area contributed by atoms with Crippen molar-refractivity contribution < 1.29 is 23.1 Å². The lowest BCUT2D eigenvalue weighted by atomic mass is 10.2. The van der Waals surface area contributed by atoms with Gasteiger partial charge >= 0.3 is 7.60 Å². The van der Waals surface area contributed by atoms with Gasteiger partial charge in [0.05, 0.1) is 12.6 Å². The van der Waals surface area contributed by atoms with Crippen LogP contribution in [0.25, 0.3) is 0 Å². The highest BCUT2D eigenvalue weighted by molar-refractivity contribution is 7.54. The number of nitrogens with zero attached hydrogens (tertiary/aromatic N) is 1. The average molecular weight is 265 g/mol. The first-order valence-corrected chi connectivity index (χ1v) is 7.08. The predicted molar refractivity (Wildman–Crippen MR) is 63.1 cm³/mol. The number of ketones is 1. The van der Waals surface area contributed by atoms with Gasteiger partial charge < -0.3 is 13.8 Å². The number of hydrogen-bond acceptors (Lipinski definition) is 6. The quantitative estimate of drug-likeness (QED) is 0.694. The van der Waals surface area contributed by atoms with E-state index in [0.717, 1.165) is 0 Å². The highest BCUT2D eigenvalue weighted by Gasteiger charge is 2.43. The summed E-state index contributed by atoms with van der Waals surface area (Å²) < 4.78 is 26.9. The molecule has 0 N–H and O–H groups in total. The molecule has 6 nitrogen and oxygen atoms in total. The highest BCUT2D eigenvalue weighted by atomic mass is 31.2. The first-order chi connectivity index (χ1) is 7.75. The fraction of sp³-hybridized carbons (Fsp3) is 0.900. The van der Waals surface area contributed by atoms with E-state index in [1.807, 2.05) is 18.7 Å². The highest BCUT2D eigenvalue weighted by Crippen LogP contribution is 2.46. The van der Waals surface area contributed by atoms with Crippen LogP contribution in [0.2, 0.25) is 0 Å². The van der Waals surface area contributed by atoms with Crippen molar-refractivity contribution in [3.05, 3.63) is 0 Å². The maximum Gasteiger partial charge on any atom is 0.337 e. The van der Waals surface area contributed by atoms with Gasteiger partial charge in [-0.15, -0.1) is 0 Å². The van der Waals surface area contributed by atoms with Gasteiger partial charge in [0.2, 0.25) is 0 Å². The molecule has 0 aliphatic carbocycles. The molecule has 0 aromatic rings. The molecule has 7 heteroatoms. The summed E-state index contributed by atoms with van der Waals surface area (Å²) in [5.74, 6) is -0.190.